The van der Waals surface area contributed by atoms with Crippen molar-refractivity contribution in [2.45, 2.75) is 0 Å². The summed E-state index contributed by atoms with van der Waals surface area (Å²) in [6, 6.07) is 9.98. The smallest absolute Gasteiger partial charge is 0.157 e. The number of hydrogen-bond acceptors (Lipinski definition) is 5. The van der Waals surface area contributed by atoms with E-state index in [1.165, 1.54) is 36.4 Å². The van der Waals surface area contributed by atoms with Crippen molar-refractivity contribution in [1.29, 1.82) is 0 Å². The number of carbonyl (C=O) groups is 1. The maximum atomic E-state index is 10.1. The van der Waals surface area contributed by atoms with E-state index in [0.717, 1.165) is 0 Å². The van der Waals surface area contributed by atoms with Crippen molar-refractivity contribution in [1.82, 2.24) is 0 Å². The Kier molecular flexibility index (Phi) is 4.57. The average Bonchev–Trinajstić information content (AvgIpc) is 2.29. The lowest BCUT2D eigenvalue weighted by atomic mass is 10.2. The van der Waals surface area contributed by atoms with Gasteiger partial charge in [-0.1, -0.05) is 12.1 Å². The molecule has 0 aromatic heterocycles. The molecule has 94 valence electrons. The van der Waals surface area contributed by atoms with E-state index in [4.69, 9.17) is 20.4 Å². The minimum Gasteiger partial charge on any atom is -0.508 e. The van der Waals surface area contributed by atoms with Crippen LogP contribution in [0.1, 0.15) is 10.4 Å². The van der Waals surface area contributed by atoms with Crippen LogP contribution < -0.4 is 0 Å². The molecule has 5 nitrogen and oxygen atoms in total. The number of phenols is 4. The van der Waals surface area contributed by atoms with Crippen molar-refractivity contribution in [3.63, 3.8) is 0 Å². The van der Waals surface area contributed by atoms with E-state index < -0.39 is 0 Å². The second-order valence-corrected chi connectivity index (χ2v) is 3.35. The molecule has 0 saturated heterocycles. The summed E-state index contributed by atoms with van der Waals surface area (Å²) in [5.74, 6) is -0.222. The van der Waals surface area contributed by atoms with Crippen LogP contribution in [0.15, 0.2) is 42.5 Å². The fraction of sp³-hybridized carbons (Fsp3) is 0. The molecule has 5 heteroatoms. The third-order valence-electron chi connectivity index (χ3n) is 2.01. The number of rotatable bonds is 1. The van der Waals surface area contributed by atoms with Gasteiger partial charge in [-0.2, -0.15) is 0 Å². The first kappa shape index (κ1) is 13.4. The first-order chi connectivity index (χ1) is 8.54. The molecule has 0 aliphatic rings. The van der Waals surface area contributed by atoms with Gasteiger partial charge in [-0.3, -0.25) is 4.79 Å². The number of benzene rings is 2. The Labute approximate surface area is 103 Å². The maximum Gasteiger partial charge on any atom is 0.157 e. The first-order valence-electron chi connectivity index (χ1n) is 4.98. The van der Waals surface area contributed by atoms with Crippen molar-refractivity contribution in [3.05, 3.63) is 48.0 Å². The zero-order chi connectivity index (χ0) is 13.5. The third kappa shape index (κ3) is 3.71. The van der Waals surface area contributed by atoms with Gasteiger partial charge >= 0.3 is 0 Å². The van der Waals surface area contributed by atoms with E-state index in [-0.39, 0.29) is 28.6 Å². The van der Waals surface area contributed by atoms with Gasteiger partial charge in [0.25, 0.3) is 0 Å². The van der Waals surface area contributed by atoms with Crippen LogP contribution in [0, 0.1) is 0 Å². The Morgan fingerprint density at radius 1 is 0.778 bits per heavy atom. The minimum absolute atomic E-state index is 0.0671. The summed E-state index contributed by atoms with van der Waals surface area (Å²) >= 11 is 0. The molecule has 0 spiro atoms. The van der Waals surface area contributed by atoms with Crippen molar-refractivity contribution in [2.24, 2.45) is 0 Å². The number of hydrogen-bond donors (Lipinski definition) is 4. The van der Waals surface area contributed by atoms with Gasteiger partial charge in [-0.25, -0.2) is 0 Å². The summed E-state index contributed by atoms with van der Waals surface area (Å²) < 4.78 is 0. The molecule has 0 aliphatic heterocycles. The largest absolute Gasteiger partial charge is 0.508 e. The van der Waals surface area contributed by atoms with E-state index >= 15 is 0 Å². The third-order valence-corrected chi connectivity index (χ3v) is 2.01. The molecule has 0 bridgehead atoms. The molecule has 0 unspecified atom stereocenters. The fourth-order valence-corrected chi connectivity index (χ4v) is 1.15. The predicted molar refractivity (Wildman–Crippen MR) is 64.9 cm³/mol. The SMILES string of the molecule is O=Cc1c(O)cccc1O.Oc1cccc(O)c1. The van der Waals surface area contributed by atoms with Crippen LogP contribution in [0.2, 0.25) is 0 Å². The van der Waals surface area contributed by atoms with Gasteiger partial charge in [0.2, 0.25) is 0 Å². The number of carbonyl (C=O) groups excluding carboxylic acids is 1. The van der Waals surface area contributed by atoms with Gasteiger partial charge in [-0.15, -0.1) is 0 Å². The van der Waals surface area contributed by atoms with E-state index in [2.05, 4.69) is 0 Å². The van der Waals surface area contributed by atoms with Gasteiger partial charge in [0, 0.05) is 6.07 Å². The molecule has 0 aliphatic carbocycles. The Morgan fingerprint density at radius 3 is 1.50 bits per heavy atom. The number of aromatic hydroxyl groups is 4. The van der Waals surface area contributed by atoms with Crippen LogP contribution in [-0.4, -0.2) is 26.7 Å². The zero-order valence-electron chi connectivity index (χ0n) is 9.32. The normalized spacial score (nSPS) is 9.11. The Hall–Kier alpha value is -2.69. The summed E-state index contributed by atoms with van der Waals surface area (Å²) in [6.07, 6.45) is 0.407. The van der Waals surface area contributed by atoms with Crippen LogP contribution in [0.5, 0.6) is 23.0 Å². The van der Waals surface area contributed by atoms with E-state index in [9.17, 15) is 4.79 Å². The monoisotopic (exact) mass is 248 g/mol. The van der Waals surface area contributed by atoms with Gasteiger partial charge in [-0.05, 0) is 24.3 Å². The Balaban J connectivity index is 0.000000184. The highest BCUT2D eigenvalue weighted by Gasteiger charge is 2.02. The van der Waals surface area contributed by atoms with Gasteiger partial charge < -0.3 is 20.4 Å². The molecule has 0 saturated carbocycles. The molecule has 0 atom stereocenters. The van der Waals surface area contributed by atoms with Crippen LogP contribution in [0.4, 0.5) is 0 Å². The van der Waals surface area contributed by atoms with Crippen LogP contribution in [0.3, 0.4) is 0 Å². The summed E-state index contributed by atoms with van der Waals surface area (Å²) in [5.41, 5.74) is -0.0671. The number of aldehydes is 1. The molecular weight excluding hydrogens is 236 g/mol. The number of phenolic OH excluding ortho intramolecular Hbond substituents is 4. The van der Waals surface area contributed by atoms with Crippen molar-refractivity contribution in [2.75, 3.05) is 0 Å². The second-order valence-electron chi connectivity index (χ2n) is 3.35. The first-order valence-corrected chi connectivity index (χ1v) is 4.98. The quantitative estimate of drug-likeness (QED) is 0.579. The molecule has 0 radical (unpaired) electrons. The lowest BCUT2D eigenvalue weighted by Crippen LogP contribution is -1.80. The van der Waals surface area contributed by atoms with Crippen LogP contribution >= 0.6 is 0 Å². The van der Waals surface area contributed by atoms with Crippen molar-refractivity contribution in [3.8, 4) is 23.0 Å². The van der Waals surface area contributed by atoms with Crippen molar-refractivity contribution >= 4 is 6.29 Å². The maximum absolute atomic E-state index is 10.1. The highest BCUT2D eigenvalue weighted by Crippen LogP contribution is 2.23. The topological polar surface area (TPSA) is 98.0 Å². The lowest BCUT2D eigenvalue weighted by molar-refractivity contribution is 0.111. The summed E-state index contributed by atoms with van der Waals surface area (Å²) in [5, 5.41) is 35.1. The van der Waals surface area contributed by atoms with Gasteiger partial charge in [0.1, 0.15) is 23.0 Å². The summed E-state index contributed by atoms with van der Waals surface area (Å²) in [4.78, 5) is 10.1. The molecule has 0 fully saturated rings. The summed E-state index contributed by atoms with van der Waals surface area (Å²) in [7, 11) is 0. The van der Waals surface area contributed by atoms with Gasteiger partial charge in [0.05, 0.1) is 5.56 Å². The van der Waals surface area contributed by atoms with E-state index in [1.54, 1.807) is 6.07 Å². The minimum atomic E-state index is -0.199. The highest BCUT2D eigenvalue weighted by molar-refractivity contribution is 5.83. The lowest BCUT2D eigenvalue weighted by Gasteiger charge is -1.97. The second kappa shape index (κ2) is 6.15. The van der Waals surface area contributed by atoms with E-state index in [1.807, 2.05) is 0 Å². The standard InChI is InChI=1S/C7H6O3.C6H6O2/c8-4-5-6(9)2-1-3-7(5)10;7-5-2-1-3-6(8)4-5/h1-4,9-10H;1-4,7-8H. The molecule has 18 heavy (non-hydrogen) atoms. The molecule has 0 amide bonds. The van der Waals surface area contributed by atoms with Crippen molar-refractivity contribution < 1.29 is 25.2 Å². The summed E-state index contributed by atoms with van der Waals surface area (Å²) in [6.45, 7) is 0. The molecule has 2 aromatic carbocycles. The average molecular weight is 248 g/mol. The molecular formula is C13H12O5. The zero-order valence-corrected chi connectivity index (χ0v) is 9.32. The Morgan fingerprint density at radius 2 is 1.22 bits per heavy atom. The fourth-order valence-electron chi connectivity index (χ4n) is 1.15. The van der Waals surface area contributed by atoms with E-state index in [0.29, 0.717) is 6.29 Å². The Bertz CT molecular complexity index is 499. The van der Waals surface area contributed by atoms with Crippen LogP contribution in [-0.2, 0) is 0 Å². The molecule has 2 rings (SSSR count). The predicted octanol–water partition coefficient (Wildman–Crippen LogP) is 2.01. The molecule has 0 heterocycles. The highest BCUT2D eigenvalue weighted by atomic mass is 16.3. The molecule has 4 N–H and O–H groups in total. The van der Waals surface area contributed by atoms with Gasteiger partial charge in [0.15, 0.2) is 6.29 Å². The van der Waals surface area contributed by atoms with Crippen LogP contribution in [0.25, 0.3) is 0 Å². The molecule has 2 aromatic rings.